The number of phosphoric ester groups is 1. The van der Waals surface area contributed by atoms with Gasteiger partial charge in [0.05, 0.1) is 27.2 Å². The molecule has 0 aliphatic carbocycles. The molecule has 0 spiro atoms. The van der Waals surface area contributed by atoms with E-state index in [-0.39, 0.29) is 4.48 Å². The number of rotatable bonds is 6. The highest BCUT2D eigenvalue weighted by Crippen LogP contribution is 2.38. The van der Waals surface area contributed by atoms with Crippen LogP contribution in [0.4, 0.5) is 0 Å². The molecule has 0 aliphatic rings. The monoisotopic (exact) mass is 297 g/mol. The largest absolute Gasteiger partial charge is 0.756 e. The Morgan fingerprint density at radius 1 is 1.26 bits per heavy atom. The smallest absolute Gasteiger partial charge is 0.266 e. The molecule has 0 aromatic heterocycles. The Bertz CT molecular complexity index is 377. The van der Waals surface area contributed by atoms with Crippen molar-refractivity contribution in [2.75, 3.05) is 21.1 Å². The molecule has 0 radical (unpaired) electrons. The average Bonchev–Trinajstić information content (AvgIpc) is 2.09. The van der Waals surface area contributed by atoms with Gasteiger partial charge < -0.3 is 24.5 Å². The van der Waals surface area contributed by atoms with Crippen LogP contribution in [0.15, 0.2) is 11.3 Å². The normalized spacial score (nSPS) is 20.3. The van der Waals surface area contributed by atoms with E-state index < -0.39 is 26.1 Å². The van der Waals surface area contributed by atoms with E-state index in [0.29, 0.717) is 5.70 Å². The van der Waals surface area contributed by atoms with Crippen molar-refractivity contribution in [1.29, 1.82) is 0 Å². The van der Waals surface area contributed by atoms with Crippen LogP contribution in [-0.2, 0) is 9.09 Å². The molecule has 114 valence electrons. The second kappa shape index (κ2) is 6.45. The number of phosphoric acid groups is 1. The summed E-state index contributed by atoms with van der Waals surface area (Å²) in [5.74, 6) is 0. The molecule has 0 bridgehead atoms. The fourth-order valence-electron chi connectivity index (χ4n) is 2.01. The van der Waals surface area contributed by atoms with Crippen molar-refractivity contribution in [3.8, 4) is 0 Å². The van der Waals surface area contributed by atoms with Crippen molar-refractivity contribution in [3.05, 3.63) is 11.3 Å². The van der Waals surface area contributed by atoms with E-state index >= 15 is 0 Å². The zero-order valence-corrected chi connectivity index (χ0v) is 13.1. The highest BCUT2D eigenvalue weighted by Gasteiger charge is 2.38. The van der Waals surface area contributed by atoms with E-state index in [1.807, 2.05) is 0 Å². The second-order valence-electron chi connectivity index (χ2n) is 5.62. The van der Waals surface area contributed by atoms with Crippen molar-refractivity contribution in [1.82, 2.24) is 0 Å². The van der Waals surface area contributed by atoms with Crippen molar-refractivity contribution in [2.24, 2.45) is 0 Å². The molecule has 7 nitrogen and oxygen atoms in total. The zero-order chi connectivity index (χ0) is 15.6. The Hall–Kier alpha value is -0.270. The molecule has 19 heavy (non-hydrogen) atoms. The van der Waals surface area contributed by atoms with E-state index in [0.717, 1.165) is 5.57 Å². The Morgan fingerprint density at radius 3 is 1.89 bits per heavy atom. The van der Waals surface area contributed by atoms with Crippen LogP contribution in [0.3, 0.4) is 0 Å². The first-order valence-corrected chi connectivity index (χ1v) is 7.34. The topological polar surface area (TPSA) is 110 Å². The van der Waals surface area contributed by atoms with Crippen molar-refractivity contribution < 1.29 is 33.6 Å². The molecule has 0 heterocycles. The molecule has 3 N–H and O–H groups in total. The molecule has 0 aromatic rings. The van der Waals surface area contributed by atoms with Gasteiger partial charge in [-0.2, -0.15) is 0 Å². The summed E-state index contributed by atoms with van der Waals surface area (Å²) in [6, 6.07) is 0. The van der Waals surface area contributed by atoms with Gasteiger partial charge in [0.15, 0.2) is 6.10 Å². The number of allylic oxidation sites excluding steroid dienone is 1. The summed E-state index contributed by atoms with van der Waals surface area (Å²) in [7, 11) is 0.250. The Balaban J connectivity index is 5.70. The van der Waals surface area contributed by atoms with Crippen LogP contribution in [-0.4, -0.2) is 59.0 Å². The maximum atomic E-state index is 11.0. The van der Waals surface area contributed by atoms with Crippen LogP contribution in [0.1, 0.15) is 20.8 Å². The summed E-state index contributed by atoms with van der Waals surface area (Å²) >= 11 is 0. The highest BCUT2D eigenvalue weighted by molar-refractivity contribution is 7.44. The van der Waals surface area contributed by atoms with Gasteiger partial charge in [-0.3, -0.25) is 9.05 Å². The van der Waals surface area contributed by atoms with E-state index in [1.165, 1.54) is 6.92 Å². The first-order chi connectivity index (χ1) is 8.27. The quantitative estimate of drug-likeness (QED) is 0.453. The fourth-order valence-corrected chi connectivity index (χ4v) is 2.52. The average molecular weight is 297 g/mol. The van der Waals surface area contributed by atoms with E-state index in [1.54, 1.807) is 35.0 Å². The molecule has 0 saturated carbocycles. The number of quaternary nitrogens is 1. The molecule has 0 saturated heterocycles. The van der Waals surface area contributed by atoms with Crippen LogP contribution in [0.25, 0.3) is 0 Å². The third kappa shape index (κ3) is 6.14. The van der Waals surface area contributed by atoms with Crippen molar-refractivity contribution in [3.63, 3.8) is 0 Å². The maximum Gasteiger partial charge on any atom is 0.266 e. The number of hydrogen-bond acceptors (Lipinski definition) is 5. The highest BCUT2D eigenvalue weighted by atomic mass is 31.2. The second-order valence-corrected chi connectivity index (χ2v) is 6.77. The number of likely N-dealkylation sites (N-methyl/N-ethyl adjacent to an activating group) is 1. The molecule has 8 heteroatoms. The molecular weight excluding hydrogens is 273 g/mol. The SMILES string of the molecule is CC(C)=C(C(OP(=O)([O-])O)C(O)C(C)O)[N+](C)(C)C. The standard InChI is InChI=1S/C11H24NO6P/c1-7(2)9(12(4,5)6)11(10(14)8(3)13)18-19(15,16)17/h8,10-11,13-14H,1-6H3,(H-,15,16,17). The minimum absolute atomic E-state index is 0.191. The Morgan fingerprint density at radius 2 is 1.68 bits per heavy atom. The molecular formula is C11H24NO6P. The van der Waals surface area contributed by atoms with Crippen LogP contribution < -0.4 is 4.89 Å². The Kier molecular flexibility index (Phi) is 6.36. The van der Waals surface area contributed by atoms with Crippen LogP contribution in [0, 0.1) is 0 Å². The molecule has 0 rings (SSSR count). The van der Waals surface area contributed by atoms with Gasteiger partial charge in [-0.25, -0.2) is 0 Å². The lowest BCUT2D eigenvalue weighted by molar-refractivity contribution is -0.836. The number of aliphatic hydroxyl groups is 2. The maximum absolute atomic E-state index is 11.0. The Labute approximate surface area is 114 Å². The molecule has 0 aromatic carbocycles. The van der Waals surface area contributed by atoms with Gasteiger partial charge >= 0.3 is 0 Å². The van der Waals surface area contributed by atoms with Crippen LogP contribution >= 0.6 is 7.82 Å². The van der Waals surface area contributed by atoms with Gasteiger partial charge in [0.2, 0.25) is 0 Å². The number of hydrogen-bond donors (Lipinski definition) is 3. The molecule has 0 amide bonds. The first kappa shape index (κ1) is 18.7. The molecule has 4 atom stereocenters. The molecule has 4 unspecified atom stereocenters. The minimum atomic E-state index is -5.04. The summed E-state index contributed by atoms with van der Waals surface area (Å²) in [5, 5.41) is 19.4. The summed E-state index contributed by atoms with van der Waals surface area (Å²) in [5.41, 5.74) is 1.18. The summed E-state index contributed by atoms with van der Waals surface area (Å²) < 4.78 is 15.7. The van der Waals surface area contributed by atoms with Gasteiger partial charge in [-0.15, -0.1) is 0 Å². The first-order valence-electron chi connectivity index (χ1n) is 5.85. The third-order valence-corrected chi connectivity index (χ3v) is 3.05. The zero-order valence-electron chi connectivity index (χ0n) is 12.2. The van der Waals surface area contributed by atoms with Gasteiger partial charge in [0.25, 0.3) is 7.82 Å². The molecule has 0 fully saturated rings. The summed E-state index contributed by atoms with van der Waals surface area (Å²) in [6.45, 7) is 4.78. The third-order valence-electron chi connectivity index (χ3n) is 2.56. The van der Waals surface area contributed by atoms with Crippen molar-refractivity contribution in [2.45, 2.75) is 39.1 Å². The van der Waals surface area contributed by atoms with Crippen LogP contribution in [0.2, 0.25) is 0 Å². The number of aliphatic hydroxyl groups excluding tert-OH is 2. The van der Waals surface area contributed by atoms with Crippen molar-refractivity contribution >= 4 is 7.82 Å². The van der Waals surface area contributed by atoms with Crippen LogP contribution in [0.5, 0.6) is 0 Å². The summed E-state index contributed by atoms with van der Waals surface area (Å²) in [4.78, 5) is 19.8. The van der Waals surface area contributed by atoms with E-state index in [2.05, 4.69) is 4.52 Å². The minimum Gasteiger partial charge on any atom is -0.756 e. The lowest BCUT2D eigenvalue weighted by Crippen LogP contribution is -2.48. The van der Waals surface area contributed by atoms with Gasteiger partial charge in [-0.05, 0) is 26.3 Å². The van der Waals surface area contributed by atoms with Gasteiger partial charge in [0, 0.05) is 0 Å². The number of nitrogens with zero attached hydrogens (tertiary/aromatic N) is 1. The predicted octanol–water partition coefficient (Wildman–Crippen LogP) is -0.426. The van der Waals surface area contributed by atoms with E-state index in [4.69, 9.17) is 4.89 Å². The predicted molar refractivity (Wildman–Crippen MR) is 68.8 cm³/mol. The van der Waals surface area contributed by atoms with Gasteiger partial charge in [-0.1, -0.05) is 0 Å². The fraction of sp³-hybridized carbons (Fsp3) is 0.818. The van der Waals surface area contributed by atoms with Gasteiger partial charge in [0.1, 0.15) is 11.8 Å². The van der Waals surface area contributed by atoms with E-state index in [9.17, 15) is 19.7 Å². The lowest BCUT2D eigenvalue weighted by atomic mass is 10.0. The molecule has 0 aliphatic heterocycles. The summed E-state index contributed by atoms with van der Waals surface area (Å²) in [6.07, 6.45) is -4.03. The lowest BCUT2D eigenvalue weighted by Gasteiger charge is -2.37.